The summed E-state index contributed by atoms with van der Waals surface area (Å²) in [7, 11) is 0. The average Bonchev–Trinajstić information content (AvgIpc) is 3.21. The molecule has 3 aliphatic rings. The van der Waals surface area contributed by atoms with Crippen LogP contribution >= 0.6 is 0 Å². The third-order valence-corrected chi connectivity index (χ3v) is 6.79. The normalized spacial score (nSPS) is 22.7. The summed E-state index contributed by atoms with van der Waals surface area (Å²) in [5.41, 5.74) is -0.0590. The molecule has 0 bridgehead atoms. The quantitative estimate of drug-likeness (QED) is 0.742. The van der Waals surface area contributed by atoms with Gasteiger partial charge in [0.2, 0.25) is 11.8 Å². The van der Waals surface area contributed by atoms with Gasteiger partial charge in [-0.2, -0.15) is 10.1 Å². The van der Waals surface area contributed by atoms with Crippen molar-refractivity contribution in [3.8, 4) is 0 Å². The van der Waals surface area contributed by atoms with E-state index in [9.17, 15) is 4.79 Å². The van der Waals surface area contributed by atoms with E-state index in [0.29, 0.717) is 12.5 Å². The van der Waals surface area contributed by atoms with Crippen molar-refractivity contribution < 1.29 is 14.1 Å². The van der Waals surface area contributed by atoms with Crippen LogP contribution < -0.4 is 0 Å². The molecule has 3 fully saturated rings. The number of carbonyl (C=O) groups excluding carboxylic acids is 1. The fourth-order valence-electron chi connectivity index (χ4n) is 4.77. The van der Waals surface area contributed by atoms with E-state index < -0.39 is 0 Å². The Morgan fingerprint density at radius 3 is 2.66 bits per heavy atom. The molecule has 0 radical (unpaired) electrons. The highest BCUT2D eigenvalue weighted by atomic mass is 16.5. The number of carbonyl (C=O) groups is 1. The molecular formula is C21H29N5O3. The highest BCUT2D eigenvalue weighted by Gasteiger charge is 2.45. The number of hydrogen-bond donors (Lipinski definition) is 0. The molecule has 0 spiro atoms. The number of amides is 1. The predicted octanol–water partition coefficient (Wildman–Crippen LogP) is 2.52. The molecule has 0 unspecified atom stereocenters. The summed E-state index contributed by atoms with van der Waals surface area (Å²) in [5.74, 6) is 2.86. The Bertz CT molecular complexity index is 815. The first-order chi connectivity index (χ1) is 14.2. The maximum atomic E-state index is 12.7. The molecule has 0 N–H and O–H groups in total. The van der Waals surface area contributed by atoms with Gasteiger partial charge in [0.25, 0.3) is 0 Å². The van der Waals surface area contributed by atoms with Crippen LogP contribution in [0.2, 0.25) is 0 Å². The van der Waals surface area contributed by atoms with Gasteiger partial charge in [0, 0.05) is 50.0 Å². The van der Waals surface area contributed by atoms with Crippen molar-refractivity contribution in [3.63, 3.8) is 0 Å². The highest BCUT2D eigenvalue weighted by Crippen LogP contribution is 2.46. The summed E-state index contributed by atoms with van der Waals surface area (Å²) in [6.45, 7) is 3.33. The van der Waals surface area contributed by atoms with Gasteiger partial charge < -0.3 is 14.2 Å². The number of aromatic nitrogens is 4. The van der Waals surface area contributed by atoms with E-state index >= 15 is 0 Å². The first-order valence-electron chi connectivity index (χ1n) is 10.9. The third-order valence-electron chi connectivity index (χ3n) is 6.79. The van der Waals surface area contributed by atoms with E-state index in [1.54, 1.807) is 10.9 Å². The molecule has 0 atom stereocenters. The zero-order valence-electron chi connectivity index (χ0n) is 16.8. The van der Waals surface area contributed by atoms with Crippen molar-refractivity contribution in [3.05, 3.63) is 30.2 Å². The Hall–Kier alpha value is -2.22. The lowest BCUT2D eigenvalue weighted by molar-refractivity contribution is -0.133. The van der Waals surface area contributed by atoms with Crippen LogP contribution in [-0.4, -0.2) is 57.0 Å². The highest BCUT2D eigenvalue weighted by molar-refractivity contribution is 5.76. The van der Waals surface area contributed by atoms with E-state index in [1.807, 2.05) is 17.2 Å². The molecule has 5 rings (SSSR count). The lowest BCUT2D eigenvalue weighted by Gasteiger charge is -2.40. The Balaban J connectivity index is 1.28. The van der Waals surface area contributed by atoms with E-state index in [-0.39, 0.29) is 11.3 Å². The average molecular weight is 399 g/mol. The molecular weight excluding hydrogens is 370 g/mol. The minimum Gasteiger partial charge on any atom is -0.381 e. The van der Waals surface area contributed by atoms with Gasteiger partial charge in [0.1, 0.15) is 6.54 Å². The van der Waals surface area contributed by atoms with Gasteiger partial charge in [-0.25, -0.2) is 0 Å². The molecule has 2 aromatic heterocycles. The number of rotatable bonds is 6. The van der Waals surface area contributed by atoms with Gasteiger partial charge in [0.15, 0.2) is 5.82 Å². The molecule has 2 saturated heterocycles. The fourth-order valence-corrected chi connectivity index (χ4v) is 4.77. The van der Waals surface area contributed by atoms with E-state index in [2.05, 4.69) is 10.3 Å². The number of likely N-dealkylation sites (tertiary alicyclic amines) is 1. The SMILES string of the molecule is O=C(Cn1cccn1)N1CCC(CC2CC2)(c2noc(C3CCOCC3)n2)CC1. The molecule has 2 aliphatic heterocycles. The topological polar surface area (TPSA) is 86.3 Å². The second kappa shape index (κ2) is 7.89. The molecule has 156 valence electrons. The van der Waals surface area contributed by atoms with Crippen LogP contribution in [0.1, 0.15) is 62.6 Å². The Kier molecular flexibility index (Phi) is 5.11. The number of nitrogens with zero attached hydrogens (tertiary/aromatic N) is 5. The second-order valence-electron chi connectivity index (χ2n) is 8.86. The van der Waals surface area contributed by atoms with Gasteiger partial charge in [-0.05, 0) is 44.1 Å². The zero-order chi connectivity index (χ0) is 19.7. The van der Waals surface area contributed by atoms with Gasteiger partial charge in [-0.15, -0.1) is 0 Å². The lowest BCUT2D eigenvalue weighted by atomic mass is 9.73. The molecule has 2 aromatic rings. The van der Waals surface area contributed by atoms with Crippen LogP contribution in [-0.2, 0) is 21.5 Å². The molecule has 1 aliphatic carbocycles. The molecule has 1 saturated carbocycles. The minimum absolute atomic E-state index is 0.0590. The molecule has 8 heteroatoms. The summed E-state index contributed by atoms with van der Waals surface area (Å²) in [6.07, 6.45) is 11.0. The van der Waals surface area contributed by atoms with E-state index in [0.717, 1.165) is 76.0 Å². The lowest BCUT2D eigenvalue weighted by Crippen LogP contribution is -2.47. The van der Waals surface area contributed by atoms with Crippen molar-refractivity contribution in [2.45, 2.75) is 62.8 Å². The summed E-state index contributed by atoms with van der Waals surface area (Å²) in [4.78, 5) is 19.5. The van der Waals surface area contributed by atoms with Gasteiger partial charge >= 0.3 is 0 Å². The smallest absolute Gasteiger partial charge is 0.244 e. The maximum absolute atomic E-state index is 12.7. The number of ether oxygens (including phenoxy) is 1. The number of piperidine rings is 1. The van der Waals surface area contributed by atoms with Gasteiger partial charge in [-0.1, -0.05) is 18.0 Å². The molecule has 4 heterocycles. The van der Waals surface area contributed by atoms with Crippen LogP contribution in [0.5, 0.6) is 0 Å². The largest absolute Gasteiger partial charge is 0.381 e. The molecule has 0 aromatic carbocycles. The van der Waals surface area contributed by atoms with Gasteiger partial charge in [0.05, 0.1) is 0 Å². The van der Waals surface area contributed by atoms with Gasteiger partial charge in [-0.3, -0.25) is 9.48 Å². The van der Waals surface area contributed by atoms with Crippen molar-refractivity contribution in [1.29, 1.82) is 0 Å². The first-order valence-corrected chi connectivity index (χ1v) is 10.9. The summed E-state index contributed by atoms with van der Waals surface area (Å²) in [5, 5.41) is 8.60. The maximum Gasteiger partial charge on any atom is 0.244 e. The predicted molar refractivity (Wildman–Crippen MR) is 104 cm³/mol. The summed E-state index contributed by atoms with van der Waals surface area (Å²) < 4.78 is 12.9. The summed E-state index contributed by atoms with van der Waals surface area (Å²) >= 11 is 0. The van der Waals surface area contributed by atoms with Crippen LogP contribution in [0, 0.1) is 5.92 Å². The van der Waals surface area contributed by atoms with Crippen LogP contribution in [0.4, 0.5) is 0 Å². The first kappa shape index (κ1) is 18.8. The monoisotopic (exact) mass is 399 g/mol. The second-order valence-corrected chi connectivity index (χ2v) is 8.86. The van der Waals surface area contributed by atoms with Crippen molar-refractivity contribution >= 4 is 5.91 Å². The van der Waals surface area contributed by atoms with Crippen LogP contribution in [0.25, 0.3) is 0 Å². The third kappa shape index (κ3) is 4.08. The Morgan fingerprint density at radius 2 is 1.97 bits per heavy atom. The minimum atomic E-state index is -0.0590. The van der Waals surface area contributed by atoms with E-state index in [1.165, 1.54) is 12.8 Å². The standard InChI is InChI=1S/C21H29N5O3/c27-18(15-26-9-1-8-22-26)25-10-6-21(7-11-25,14-16-2-3-16)20-23-19(29-24-20)17-4-12-28-13-5-17/h1,8-9,16-17H,2-7,10-15H2. The van der Waals surface area contributed by atoms with Crippen molar-refractivity contribution in [2.24, 2.45) is 5.92 Å². The summed E-state index contributed by atoms with van der Waals surface area (Å²) in [6, 6.07) is 1.84. The van der Waals surface area contributed by atoms with Crippen LogP contribution in [0.15, 0.2) is 23.0 Å². The van der Waals surface area contributed by atoms with Crippen molar-refractivity contribution in [1.82, 2.24) is 24.8 Å². The number of hydrogen-bond acceptors (Lipinski definition) is 6. The molecule has 1 amide bonds. The Morgan fingerprint density at radius 1 is 1.17 bits per heavy atom. The molecule has 29 heavy (non-hydrogen) atoms. The van der Waals surface area contributed by atoms with Crippen LogP contribution in [0.3, 0.4) is 0 Å². The fraction of sp³-hybridized carbons (Fsp3) is 0.714. The molecule has 8 nitrogen and oxygen atoms in total. The van der Waals surface area contributed by atoms with E-state index in [4.69, 9.17) is 14.2 Å². The zero-order valence-corrected chi connectivity index (χ0v) is 16.8. The van der Waals surface area contributed by atoms with Crippen molar-refractivity contribution in [2.75, 3.05) is 26.3 Å². The Labute approximate surface area is 170 Å².